The van der Waals surface area contributed by atoms with E-state index in [-0.39, 0.29) is 17.0 Å². The van der Waals surface area contributed by atoms with Crippen LogP contribution in [-0.4, -0.2) is 11.7 Å². The summed E-state index contributed by atoms with van der Waals surface area (Å²) >= 11 is 7.45. The Morgan fingerprint density at radius 2 is 2.12 bits per heavy atom. The molecule has 1 amide bonds. The Hall–Kier alpha value is -2.03. The van der Waals surface area contributed by atoms with Crippen LogP contribution in [0.15, 0.2) is 42.5 Å². The van der Waals surface area contributed by atoms with Gasteiger partial charge in [-0.2, -0.15) is 17.0 Å². The largest absolute Gasteiger partial charge is 0.326 e. The summed E-state index contributed by atoms with van der Waals surface area (Å²) in [7, 11) is 0. The Morgan fingerprint density at radius 3 is 2.79 bits per heavy atom. The number of halogens is 2. The summed E-state index contributed by atoms with van der Waals surface area (Å²) < 4.78 is 13.7. The van der Waals surface area contributed by atoms with Gasteiger partial charge in [-0.05, 0) is 31.2 Å². The summed E-state index contributed by atoms with van der Waals surface area (Å²) in [5, 5.41) is 11.8. The second kappa shape index (κ2) is 8.72. The van der Waals surface area contributed by atoms with Gasteiger partial charge in [-0.1, -0.05) is 29.8 Å². The van der Waals surface area contributed by atoms with Gasteiger partial charge in [-0.15, -0.1) is 0 Å². The molecule has 2 rings (SSSR count). The molecule has 0 saturated heterocycles. The minimum absolute atomic E-state index is 0.0247. The number of nitriles is 1. The number of hydrogen-bond donors (Lipinski definition) is 1. The number of benzene rings is 2. The average molecular weight is 363 g/mol. The maximum Gasteiger partial charge on any atom is 0.225 e. The standard InChI is InChI=1S/C18H16ClFN2OS/c1-12(15-4-2-3-5-17(15)20)24-9-8-18(23)22-14-7-6-13(11-21)16(19)10-14/h2-7,10,12H,8-9H2,1H3,(H,22,23). The fourth-order valence-electron chi connectivity index (χ4n) is 2.13. The van der Waals surface area contributed by atoms with Crippen LogP contribution in [0, 0.1) is 17.1 Å². The minimum Gasteiger partial charge on any atom is -0.326 e. The van der Waals surface area contributed by atoms with E-state index >= 15 is 0 Å². The highest BCUT2D eigenvalue weighted by Crippen LogP contribution is 2.30. The van der Waals surface area contributed by atoms with Crippen LogP contribution in [0.25, 0.3) is 0 Å². The summed E-state index contributed by atoms with van der Waals surface area (Å²) in [5.41, 5.74) is 1.56. The van der Waals surface area contributed by atoms with Gasteiger partial charge in [-0.3, -0.25) is 4.79 Å². The number of nitrogens with zero attached hydrogens (tertiary/aromatic N) is 1. The first-order chi connectivity index (χ1) is 11.5. The molecule has 0 heterocycles. The predicted octanol–water partition coefficient (Wildman–Crippen LogP) is 5.17. The molecule has 0 aliphatic heterocycles. The fraction of sp³-hybridized carbons (Fsp3) is 0.222. The first-order valence-electron chi connectivity index (χ1n) is 7.37. The van der Waals surface area contributed by atoms with Crippen molar-refractivity contribution in [2.24, 2.45) is 0 Å². The summed E-state index contributed by atoms with van der Waals surface area (Å²) in [6.45, 7) is 1.92. The molecule has 0 fully saturated rings. The lowest BCUT2D eigenvalue weighted by Gasteiger charge is -2.12. The quantitative estimate of drug-likeness (QED) is 0.770. The molecular weight excluding hydrogens is 347 g/mol. The topological polar surface area (TPSA) is 52.9 Å². The Balaban J connectivity index is 1.82. The third-order valence-corrected chi connectivity index (χ3v) is 4.92. The SMILES string of the molecule is CC(SCCC(=O)Nc1ccc(C#N)c(Cl)c1)c1ccccc1F. The van der Waals surface area contributed by atoms with Gasteiger partial charge in [0.25, 0.3) is 0 Å². The van der Waals surface area contributed by atoms with Gasteiger partial charge in [0, 0.05) is 28.7 Å². The normalized spacial score (nSPS) is 11.6. The van der Waals surface area contributed by atoms with Gasteiger partial charge in [0.05, 0.1) is 10.6 Å². The molecule has 0 saturated carbocycles. The Kier molecular flexibility index (Phi) is 6.65. The number of carbonyl (C=O) groups excluding carboxylic acids is 1. The van der Waals surface area contributed by atoms with Gasteiger partial charge < -0.3 is 5.32 Å². The average Bonchev–Trinajstić information content (AvgIpc) is 2.55. The van der Waals surface area contributed by atoms with Crippen molar-refractivity contribution in [3.63, 3.8) is 0 Å². The smallest absolute Gasteiger partial charge is 0.225 e. The third kappa shape index (κ3) is 4.98. The van der Waals surface area contributed by atoms with Crippen LogP contribution in [0.1, 0.15) is 29.7 Å². The molecule has 0 bridgehead atoms. The van der Waals surface area contributed by atoms with E-state index in [9.17, 15) is 9.18 Å². The fourth-order valence-corrected chi connectivity index (χ4v) is 3.38. The highest BCUT2D eigenvalue weighted by molar-refractivity contribution is 7.99. The molecule has 6 heteroatoms. The summed E-state index contributed by atoms with van der Waals surface area (Å²) in [6, 6.07) is 13.4. The number of nitrogens with one attached hydrogen (secondary N) is 1. The minimum atomic E-state index is -0.228. The molecule has 0 aliphatic carbocycles. The summed E-state index contributed by atoms with van der Waals surface area (Å²) in [6.07, 6.45) is 0.307. The van der Waals surface area contributed by atoms with Crippen LogP contribution in [0.2, 0.25) is 5.02 Å². The summed E-state index contributed by atoms with van der Waals surface area (Å²) in [5.74, 6) is 0.198. The second-order valence-corrected chi connectivity index (χ2v) is 7.00. The molecule has 2 aromatic rings. The van der Waals surface area contributed by atoms with E-state index in [1.807, 2.05) is 13.0 Å². The van der Waals surface area contributed by atoms with Crippen LogP contribution in [-0.2, 0) is 4.79 Å². The lowest BCUT2D eigenvalue weighted by molar-refractivity contribution is -0.115. The molecule has 0 aliphatic rings. The molecule has 1 atom stereocenters. The monoisotopic (exact) mass is 362 g/mol. The molecule has 1 unspecified atom stereocenters. The maximum atomic E-state index is 13.7. The van der Waals surface area contributed by atoms with Crippen molar-refractivity contribution in [1.29, 1.82) is 5.26 Å². The Bertz CT molecular complexity index is 776. The lowest BCUT2D eigenvalue weighted by atomic mass is 10.1. The number of anilines is 1. The Labute approximate surface area is 149 Å². The van der Waals surface area contributed by atoms with E-state index in [2.05, 4.69) is 5.32 Å². The van der Waals surface area contributed by atoms with Crippen molar-refractivity contribution in [3.05, 3.63) is 64.4 Å². The molecule has 124 valence electrons. The van der Waals surface area contributed by atoms with E-state index in [1.54, 1.807) is 36.4 Å². The van der Waals surface area contributed by atoms with E-state index in [4.69, 9.17) is 16.9 Å². The molecular formula is C18H16ClFN2OS. The highest BCUT2D eigenvalue weighted by atomic mass is 35.5. The number of hydrogen-bond acceptors (Lipinski definition) is 3. The van der Waals surface area contributed by atoms with E-state index in [0.29, 0.717) is 34.0 Å². The molecule has 0 radical (unpaired) electrons. The van der Waals surface area contributed by atoms with Gasteiger partial charge in [0.2, 0.25) is 5.91 Å². The van der Waals surface area contributed by atoms with Crippen LogP contribution < -0.4 is 5.32 Å². The van der Waals surface area contributed by atoms with E-state index in [1.165, 1.54) is 17.8 Å². The number of rotatable bonds is 6. The third-order valence-electron chi connectivity index (χ3n) is 3.41. The molecule has 24 heavy (non-hydrogen) atoms. The molecule has 1 N–H and O–H groups in total. The number of amides is 1. The van der Waals surface area contributed by atoms with Crippen molar-refractivity contribution in [2.45, 2.75) is 18.6 Å². The van der Waals surface area contributed by atoms with Gasteiger partial charge in [-0.25, -0.2) is 4.39 Å². The van der Waals surface area contributed by atoms with Gasteiger partial charge >= 0.3 is 0 Å². The molecule has 0 spiro atoms. The van der Waals surface area contributed by atoms with Crippen molar-refractivity contribution in [2.75, 3.05) is 11.1 Å². The molecule has 2 aromatic carbocycles. The van der Waals surface area contributed by atoms with Gasteiger partial charge in [0.15, 0.2) is 0 Å². The van der Waals surface area contributed by atoms with Gasteiger partial charge in [0.1, 0.15) is 11.9 Å². The summed E-state index contributed by atoms with van der Waals surface area (Å²) in [4.78, 5) is 12.0. The first kappa shape index (κ1) is 18.3. The number of thioether (sulfide) groups is 1. The zero-order valence-electron chi connectivity index (χ0n) is 13.1. The Morgan fingerprint density at radius 1 is 1.38 bits per heavy atom. The van der Waals surface area contributed by atoms with Crippen molar-refractivity contribution >= 4 is 35.0 Å². The number of carbonyl (C=O) groups is 1. The first-order valence-corrected chi connectivity index (χ1v) is 8.79. The van der Waals surface area contributed by atoms with E-state index in [0.717, 1.165) is 0 Å². The second-order valence-electron chi connectivity index (χ2n) is 5.14. The van der Waals surface area contributed by atoms with Crippen molar-refractivity contribution < 1.29 is 9.18 Å². The highest BCUT2D eigenvalue weighted by Gasteiger charge is 2.12. The van der Waals surface area contributed by atoms with Crippen molar-refractivity contribution in [1.82, 2.24) is 0 Å². The van der Waals surface area contributed by atoms with Crippen molar-refractivity contribution in [3.8, 4) is 6.07 Å². The zero-order chi connectivity index (χ0) is 17.5. The van der Waals surface area contributed by atoms with Crippen LogP contribution >= 0.6 is 23.4 Å². The molecule has 0 aromatic heterocycles. The zero-order valence-corrected chi connectivity index (χ0v) is 14.6. The predicted molar refractivity (Wildman–Crippen MR) is 96.7 cm³/mol. The van der Waals surface area contributed by atoms with Crippen LogP contribution in [0.5, 0.6) is 0 Å². The molecule has 3 nitrogen and oxygen atoms in total. The maximum absolute atomic E-state index is 13.7. The lowest BCUT2D eigenvalue weighted by Crippen LogP contribution is -2.12. The van der Waals surface area contributed by atoms with Crippen LogP contribution in [0.3, 0.4) is 0 Å². The van der Waals surface area contributed by atoms with Crippen LogP contribution in [0.4, 0.5) is 10.1 Å². The van der Waals surface area contributed by atoms with E-state index < -0.39 is 0 Å².